The molecule has 1 aromatic heterocycles. The van der Waals surface area contributed by atoms with Gasteiger partial charge in [0.15, 0.2) is 0 Å². The van der Waals surface area contributed by atoms with E-state index in [0.717, 1.165) is 0 Å². The number of carboxylic acid groups (broad SMARTS) is 1. The van der Waals surface area contributed by atoms with Crippen molar-refractivity contribution in [2.24, 2.45) is 5.92 Å². The van der Waals surface area contributed by atoms with Crippen molar-refractivity contribution in [2.75, 3.05) is 0 Å². The molecule has 5 heteroatoms. The van der Waals surface area contributed by atoms with E-state index >= 15 is 0 Å². The van der Waals surface area contributed by atoms with E-state index in [9.17, 15) is 9.59 Å². The van der Waals surface area contributed by atoms with Gasteiger partial charge in [-0.3, -0.25) is 4.57 Å². The van der Waals surface area contributed by atoms with Crippen LogP contribution in [0.3, 0.4) is 0 Å². The number of aromatic carboxylic acids is 1. The van der Waals surface area contributed by atoms with Crippen molar-refractivity contribution in [1.82, 2.24) is 9.55 Å². The number of rotatable bonds is 4. The summed E-state index contributed by atoms with van der Waals surface area (Å²) in [6.07, 6.45) is 1.40. The lowest BCUT2D eigenvalue weighted by Crippen LogP contribution is -2.28. The van der Waals surface area contributed by atoms with Crippen molar-refractivity contribution in [3.63, 3.8) is 0 Å². The smallest absolute Gasteiger partial charge is 0.347 e. The topological polar surface area (TPSA) is 72.2 Å². The number of carboxylic acids is 1. The predicted octanol–water partition coefficient (Wildman–Crippen LogP) is 1.72. The summed E-state index contributed by atoms with van der Waals surface area (Å²) in [6.45, 7) is 8.04. The van der Waals surface area contributed by atoms with Gasteiger partial charge in [-0.15, -0.1) is 0 Å². The molecule has 0 saturated carbocycles. The van der Waals surface area contributed by atoms with Crippen molar-refractivity contribution in [2.45, 2.75) is 40.2 Å². The molecule has 1 heterocycles. The molecule has 0 aromatic carbocycles. The molecule has 0 spiro atoms. The maximum atomic E-state index is 11.7. The normalized spacial score (nSPS) is 11.2. The second kappa shape index (κ2) is 5.12. The Morgan fingerprint density at radius 3 is 2.41 bits per heavy atom. The molecule has 0 fully saturated rings. The quantitative estimate of drug-likeness (QED) is 0.866. The number of hydrogen-bond acceptors (Lipinski definition) is 3. The lowest BCUT2D eigenvalue weighted by atomic mass is 10.1. The van der Waals surface area contributed by atoms with Crippen LogP contribution in [-0.4, -0.2) is 20.6 Å². The van der Waals surface area contributed by atoms with Gasteiger partial charge in [-0.25, -0.2) is 9.59 Å². The summed E-state index contributed by atoms with van der Waals surface area (Å²) in [7, 11) is 0. The summed E-state index contributed by atoms with van der Waals surface area (Å²) < 4.78 is 1.36. The van der Waals surface area contributed by atoms with Gasteiger partial charge in [0.1, 0.15) is 0 Å². The van der Waals surface area contributed by atoms with Crippen LogP contribution >= 0.6 is 0 Å². The van der Waals surface area contributed by atoms with Crippen molar-refractivity contribution < 1.29 is 9.90 Å². The van der Waals surface area contributed by atoms with Crippen LogP contribution in [0.25, 0.3) is 0 Å². The van der Waals surface area contributed by atoms with Crippen LogP contribution in [0.2, 0.25) is 0 Å². The van der Waals surface area contributed by atoms with Gasteiger partial charge < -0.3 is 5.11 Å². The SMILES string of the molecule is CC(C)Cn1cc(C(=O)O)c(C(C)C)nc1=O. The first-order valence-electron chi connectivity index (χ1n) is 5.67. The summed E-state index contributed by atoms with van der Waals surface area (Å²) in [4.78, 5) is 26.7. The van der Waals surface area contributed by atoms with Gasteiger partial charge in [0.05, 0.1) is 11.3 Å². The molecule has 1 aromatic rings. The van der Waals surface area contributed by atoms with Crippen molar-refractivity contribution in [3.05, 3.63) is 27.9 Å². The van der Waals surface area contributed by atoms with E-state index in [1.807, 2.05) is 27.7 Å². The zero-order chi connectivity index (χ0) is 13.2. The molecule has 0 unspecified atom stereocenters. The molecule has 17 heavy (non-hydrogen) atoms. The number of aromatic nitrogens is 2. The summed E-state index contributed by atoms with van der Waals surface area (Å²) in [5, 5.41) is 9.11. The van der Waals surface area contributed by atoms with E-state index in [4.69, 9.17) is 5.11 Å². The molecular weight excluding hydrogens is 220 g/mol. The second-order valence-electron chi connectivity index (χ2n) is 4.83. The van der Waals surface area contributed by atoms with Gasteiger partial charge in [0, 0.05) is 12.7 Å². The fraction of sp³-hybridized carbons (Fsp3) is 0.583. The molecule has 0 bridgehead atoms. The Balaban J connectivity index is 3.35. The first-order valence-corrected chi connectivity index (χ1v) is 5.67. The average molecular weight is 238 g/mol. The molecule has 5 nitrogen and oxygen atoms in total. The summed E-state index contributed by atoms with van der Waals surface area (Å²) in [5.74, 6) is -0.859. The third kappa shape index (κ3) is 3.15. The Hall–Kier alpha value is -1.65. The maximum Gasteiger partial charge on any atom is 0.347 e. The molecule has 0 radical (unpaired) electrons. The molecule has 0 saturated heterocycles. The lowest BCUT2D eigenvalue weighted by Gasteiger charge is -2.13. The standard InChI is InChI=1S/C12H18N2O3/c1-7(2)5-14-6-9(11(15)16)10(8(3)4)13-12(14)17/h6-8H,5H2,1-4H3,(H,15,16). The highest BCUT2D eigenvalue weighted by molar-refractivity contribution is 5.88. The summed E-state index contributed by atoms with van der Waals surface area (Å²) >= 11 is 0. The number of nitrogens with zero attached hydrogens (tertiary/aromatic N) is 2. The van der Waals surface area contributed by atoms with Crippen LogP contribution in [0.1, 0.15) is 49.7 Å². The zero-order valence-electron chi connectivity index (χ0n) is 10.6. The Morgan fingerprint density at radius 1 is 1.41 bits per heavy atom. The molecule has 0 aliphatic heterocycles. The van der Waals surface area contributed by atoms with Crippen molar-refractivity contribution in [1.29, 1.82) is 0 Å². The van der Waals surface area contributed by atoms with E-state index in [0.29, 0.717) is 12.2 Å². The Kier molecular flexibility index (Phi) is 4.04. The minimum atomic E-state index is -1.04. The fourth-order valence-electron chi connectivity index (χ4n) is 1.63. The third-order valence-electron chi connectivity index (χ3n) is 2.36. The van der Waals surface area contributed by atoms with Crippen molar-refractivity contribution in [3.8, 4) is 0 Å². The molecule has 1 rings (SSSR count). The number of carbonyl (C=O) groups is 1. The highest BCUT2D eigenvalue weighted by Crippen LogP contribution is 2.15. The molecule has 0 aliphatic rings. The summed E-state index contributed by atoms with van der Waals surface area (Å²) in [6, 6.07) is 0. The van der Waals surface area contributed by atoms with Crippen molar-refractivity contribution >= 4 is 5.97 Å². The molecule has 0 atom stereocenters. The van der Waals surface area contributed by atoms with Crippen LogP contribution in [0.5, 0.6) is 0 Å². The largest absolute Gasteiger partial charge is 0.478 e. The van der Waals surface area contributed by atoms with Gasteiger partial charge in [-0.1, -0.05) is 27.7 Å². The first-order chi connectivity index (χ1) is 7.82. The Bertz CT molecular complexity index is 475. The molecule has 94 valence electrons. The minimum absolute atomic E-state index is 0.0810. The monoisotopic (exact) mass is 238 g/mol. The molecule has 0 amide bonds. The van der Waals surface area contributed by atoms with E-state index in [2.05, 4.69) is 4.98 Å². The lowest BCUT2D eigenvalue weighted by molar-refractivity contribution is 0.0693. The third-order valence-corrected chi connectivity index (χ3v) is 2.36. The van der Waals surface area contributed by atoms with Crippen LogP contribution in [0.4, 0.5) is 0 Å². The maximum absolute atomic E-state index is 11.7. The molecule has 1 N–H and O–H groups in total. The van der Waals surface area contributed by atoms with Crippen LogP contribution in [0.15, 0.2) is 11.0 Å². The highest BCUT2D eigenvalue weighted by Gasteiger charge is 2.17. The van der Waals surface area contributed by atoms with E-state index in [-0.39, 0.29) is 23.1 Å². The molecular formula is C12H18N2O3. The average Bonchev–Trinajstić information content (AvgIpc) is 2.19. The first kappa shape index (κ1) is 13.4. The van der Waals surface area contributed by atoms with Crippen LogP contribution in [-0.2, 0) is 6.54 Å². The van der Waals surface area contributed by atoms with Gasteiger partial charge in [0.25, 0.3) is 0 Å². The zero-order valence-corrected chi connectivity index (χ0v) is 10.6. The molecule has 0 aliphatic carbocycles. The van der Waals surface area contributed by atoms with Crippen LogP contribution < -0.4 is 5.69 Å². The van der Waals surface area contributed by atoms with Gasteiger partial charge in [-0.2, -0.15) is 4.98 Å². The predicted molar refractivity (Wildman–Crippen MR) is 64.4 cm³/mol. The van der Waals surface area contributed by atoms with E-state index in [1.165, 1.54) is 10.8 Å². The van der Waals surface area contributed by atoms with Gasteiger partial charge in [-0.05, 0) is 11.8 Å². The van der Waals surface area contributed by atoms with E-state index in [1.54, 1.807) is 0 Å². The minimum Gasteiger partial charge on any atom is -0.478 e. The van der Waals surface area contributed by atoms with Gasteiger partial charge >= 0.3 is 11.7 Å². The Labute approximate surface area is 100 Å². The highest BCUT2D eigenvalue weighted by atomic mass is 16.4. The number of hydrogen-bond donors (Lipinski definition) is 1. The fourth-order valence-corrected chi connectivity index (χ4v) is 1.63. The summed E-state index contributed by atoms with van der Waals surface area (Å²) in [5.41, 5.74) is 0.0788. The van der Waals surface area contributed by atoms with Gasteiger partial charge in [0.2, 0.25) is 0 Å². The van der Waals surface area contributed by atoms with Crippen LogP contribution in [0, 0.1) is 5.92 Å². The second-order valence-corrected chi connectivity index (χ2v) is 4.83. The van der Waals surface area contributed by atoms with E-state index < -0.39 is 5.97 Å². The Morgan fingerprint density at radius 2 is 2.00 bits per heavy atom.